The van der Waals surface area contributed by atoms with Crippen LogP contribution in [0.1, 0.15) is 33.3 Å². The molecule has 1 aliphatic heterocycles. The molecule has 1 fully saturated rings. The number of halogens is 3. The molecule has 0 aromatic heterocycles. The number of hydrogen-bond acceptors (Lipinski definition) is 3. The first kappa shape index (κ1) is 18.4. The first-order valence-corrected chi connectivity index (χ1v) is 7.89. The van der Waals surface area contributed by atoms with Crippen molar-refractivity contribution in [1.29, 1.82) is 0 Å². The minimum atomic E-state index is -4.36. The molecule has 0 aliphatic carbocycles. The zero-order chi connectivity index (χ0) is 18.1. The van der Waals surface area contributed by atoms with Crippen LogP contribution in [-0.4, -0.2) is 42.3 Å². The van der Waals surface area contributed by atoms with Crippen LogP contribution in [0.5, 0.6) is 0 Å². The van der Waals surface area contributed by atoms with Gasteiger partial charge in [0.25, 0.3) is 0 Å². The maximum Gasteiger partial charge on any atom is 0.416 e. The second-order valence-electron chi connectivity index (χ2n) is 7.02. The van der Waals surface area contributed by atoms with Gasteiger partial charge in [0.15, 0.2) is 0 Å². The predicted octanol–water partition coefficient (Wildman–Crippen LogP) is 4.15. The molecule has 1 aliphatic rings. The smallest absolute Gasteiger partial charge is 0.416 e. The van der Waals surface area contributed by atoms with Gasteiger partial charge in [-0.2, -0.15) is 13.2 Å². The van der Waals surface area contributed by atoms with Crippen molar-refractivity contribution in [3.05, 3.63) is 29.8 Å². The predicted molar refractivity (Wildman–Crippen MR) is 86.1 cm³/mol. The van der Waals surface area contributed by atoms with Crippen molar-refractivity contribution < 1.29 is 22.7 Å². The number of carbonyl (C=O) groups excluding carboxylic acids is 1. The molecule has 0 bridgehead atoms. The van der Waals surface area contributed by atoms with E-state index in [2.05, 4.69) is 0 Å². The van der Waals surface area contributed by atoms with Gasteiger partial charge in [-0.1, -0.05) is 6.07 Å². The van der Waals surface area contributed by atoms with E-state index < -0.39 is 23.4 Å². The van der Waals surface area contributed by atoms with Crippen LogP contribution in [0.25, 0.3) is 0 Å². The lowest BCUT2D eigenvalue weighted by Crippen LogP contribution is -2.54. The van der Waals surface area contributed by atoms with Crippen molar-refractivity contribution in [3.63, 3.8) is 0 Å². The minimum absolute atomic E-state index is 0.102. The van der Waals surface area contributed by atoms with Crippen LogP contribution in [0.15, 0.2) is 24.3 Å². The quantitative estimate of drug-likeness (QED) is 0.767. The Bertz CT molecular complexity index is 596. The monoisotopic (exact) mass is 344 g/mol. The van der Waals surface area contributed by atoms with E-state index in [1.165, 1.54) is 6.07 Å². The topological polar surface area (TPSA) is 32.8 Å². The highest BCUT2D eigenvalue weighted by atomic mass is 19.4. The Morgan fingerprint density at radius 2 is 1.88 bits per heavy atom. The Kier molecular flexibility index (Phi) is 5.01. The standard InChI is InChI=1S/C17H23F3N2O2/c1-12-11-21(15(23)24-16(2,3)4)8-9-22(12)14-7-5-6-13(10-14)17(18,19)20/h5-7,10,12H,8-9,11H2,1-4H3/t12-/m1/s1. The molecule has 0 N–H and O–H groups in total. The lowest BCUT2D eigenvalue weighted by Gasteiger charge is -2.41. The largest absolute Gasteiger partial charge is 0.444 e. The van der Waals surface area contributed by atoms with Crippen LogP contribution in [0.4, 0.5) is 23.7 Å². The van der Waals surface area contributed by atoms with E-state index in [9.17, 15) is 18.0 Å². The maximum absolute atomic E-state index is 12.9. The van der Waals surface area contributed by atoms with E-state index in [-0.39, 0.29) is 6.04 Å². The van der Waals surface area contributed by atoms with Crippen LogP contribution in [0, 0.1) is 0 Å². The molecule has 1 aromatic rings. The Hall–Kier alpha value is -1.92. The number of alkyl halides is 3. The average molecular weight is 344 g/mol. The van der Waals surface area contributed by atoms with Crippen molar-refractivity contribution in [2.45, 2.75) is 45.5 Å². The molecule has 1 aromatic carbocycles. The molecule has 1 heterocycles. The SMILES string of the molecule is C[C@@H]1CN(C(=O)OC(C)(C)C)CCN1c1cccc(C(F)(F)F)c1. The lowest BCUT2D eigenvalue weighted by molar-refractivity contribution is -0.137. The normalized spacial score (nSPS) is 19.4. The summed E-state index contributed by atoms with van der Waals surface area (Å²) >= 11 is 0. The van der Waals surface area contributed by atoms with Gasteiger partial charge in [-0.25, -0.2) is 4.79 Å². The highest BCUT2D eigenvalue weighted by Gasteiger charge is 2.33. The van der Waals surface area contributed by atoms with Crippen molar-refractivity contribution in [1.82, 2.24) is 4.90 Å². The first-order chi connectivity index (χ1) is 11.0. The fourth-order valence-corrected chi connectivity index (χ4v) is 2.69. The molecular formula is C17H23F3N2O2. The van der Waals surface area contributed by atoms with E-state index >= 15 is 0 Å². The highest BCUT2D eigenvalue weighted by molar-refractivity contribution is 5.69. The summed E-state index contributed by atoms with van der Waals surface area (Å²) in [4.78, 5) is 15.6. The Morgan fingerprint density at radius 1 is 1.21 bits per heavy atom. The van der Waals surface area contributed by atoms with E-state index in [1.54, 1.807) is 31.7 Å². The van der Waals surface area contributed by atoms with Gasteiger partial charge in [0.1, 0.15) is 5.60 Å². The fourth-order valence-electron chi connectivity index (χ4n) is 2.69. The number of ether oxygens (including phenoxy) is 1. The molecule has 0 unspecified atom stereocenters. The molecule has 1 saturated heterocycles. The molecule has 0 radical (unpaired) electrons. The molecule has 0 saturated carbocycles. The number of amides is 1. The zero-order valence-electron chi connectivity index (χ0n) is 14.4. The summed E-state index contributed by atoms with van der Waals surface area (Å²) in [6, 6.07) is 5.18. The number of carbonyl (C=O) groups is 1. The number of anilines is 1. The number of nitrogens with zero attached hydrogens (tertiary/aromatic N) is 2. The van der Waals surface area contributed by atoms with Crippen molar-refractivity contribution >= 4 is 11.8 Å². The molecule has 134 valence electrons. The summed E-state index contributed by atoms with van der Waals surface area (Å²) < 4.78 is 44.0. The molecule has 2 rings (SSSR count). The fraction of sp³-hybridized carbons (Fsp3) is 0.588. The van der Waals surface area contributed by atoms with Crippen LogP contribution in [-0.2, 0) is 10.9 Å². The van der Waals surface area contributed by atoms with Crippen LogP contribution < -0.4 is 4.90 Å². The molecule has 0 spiro atoms. The Morgan fingerprint density at radius 3 is 2.42 bits per heavy atom. The minimum Gasteiger partial charge on any atom is -0.444 e. The molecule has 1 atom stereocenters. The van der Waals surface area contributed by atoms with Crippen molar-refractivity contribution in [2.24, 2.45) is 0 Å². The van der Waals surface area contributed by atoms with Crippen LogP contribution in [0.3, 0.4) is 0 Å². The van der Waals surface area contributed by atoms with Gasteiger partial charge in [-0.05, 0) is 45.9 Å². The molecule has 1 amide bonds. The van der Waals surface area contributed by atoms with Crippen molar-refractivity contribution in [3.8, 4) is 0 Å². The van der Waals surface area contributed by atoms with E-state index in [0.29, 0.717) is 25.3 Å². The molecular weight excluding hydrogens is 321 g/mol. The number of benzene rings is 1. The highest BCUT2D eigenvalue weighted by Crippen LogP contribution is 2.32. The second kappa shape index (κ2) is 6.53. The lowest BCUT2D eigenvalue weighted by atomic mass is 10.1. The van der Waals surface area contributed by atoms with Gasteiger partial charge < -0.3 is 14.5 Å². The summed E-state index contributed by atoms with van der Waals surface area (Å²) in [5.41, 5.74) is -0.721. The average Bonchev–Trinajstić information content (AvgIpc) is 2.44. The van der Waals surface area contributed by atoms with Crippen LogP contribution in [0.2, 0.25) is 0 Å². The van der Waals surface area contributed by atoms with Gasteiger partial charge >= 0.3 is 12.3 Å². The first-order valence-electron chi connectivity index (χ1n) is 7.89. The van der Waals surface area contributed by atoms with E-state index in [0.717, 1.165) is 12.1 Å². The van der Waals surface area contributed by atoms with E-state index in [1.807, 2.05) is 11.8 Å². The Labute approximate surface area is 140 Å². The summed E-state index contributed by atoms with van der Waals surface area (Å²) in [7, 11) is 0. The third-order valence-electron chi connectivity index (χ3n) is 3.78. The summed E-state index contributed by atoms with van der Waals surface area (Å²) in [5.74, 6) is 0. The number of piperazine rings is 1. The molecule has 7 heteroatoms. The summed E-state index contributed by atoms with van der Waals surface area (Å²) in [6.07, 6.45) is -4.75. The molecule has 4 nitrogen and oxygen atoms in total. The van der Waals surface area contributed by atoms with Gasteiger partial charge in [0, 0.05) is 31.4 Å². The van der Waals surface area contributed by atoms with Gasteiger partial charge in [-0.3, -0.25) is 0 Å². The summed E-state index contributed by atoms with van der Waals surface area (Å²) in [5, 5.41) is 0. The van der Waals surface area contributed by atoms with Crippen LogP contribution >= 0.6 is 0 Å². The zero-order valence-corrected chi connectivity index (χ0v) is 14.4. The number of hydrogen-bond donors (Lipinski definition) is 0. The number of rotatable bonds is 1. The Balaban J connectivity index is 2.08. The molecule has 24 heavy (non-hydrogen) atoms. The van der Waals surface area contributed by atoms with Gasteiger partial charge in [0.2, 0.25) is 0 Å². The van der Waals surface area contributed by atoms with Gasteiger partial charge in [-0.15, -0.1) is 0 Å². The van der Waals surface area contributed by atoms with Crippen molar-refractivity contribution in [2.75, 3.05) is 24.5 Å². The van der Waals surface area contributed by atoms with Gasteiger partial charge in [0.05, 0.1) is 5.56 Å². The van der Waals surface area contributed by atoms with E-state index in [4.69, 9.17) is 4.74 Å². The maximum atomic E-state index is 12.9. The third-order valence-corrected chi connectivity index (χ3v) is 3.78. The second-order valence-corrected chi connectivity index (χ2v) is 7.02. The summed E-state index contributed by atoms with van der Waals surface area (Å²) in [6.45, 7) is 8.56. The third kappa shape index (κ3) is 4.55.